The maximum Gasteiger partial charge on any atom is 0.336 e. The number of pyridine rings is 1. The maximum absolute atomic E-state index is 14.0. The topological polar surface area (TPSA) is 50.2 Å². The lowest BCUT2D eigenvalue weighted by Gasteiger charge is -2.09. The van der Waals surface area contributed by atoms with Gasteiger partial charge in [0.2, 0.25) is 0 Å². The normalized spacial score (nSPS) is 10.9. The zero-order valence-corrected chi connectivity index (χ0v) is 12.3. The molecular weight excluding hydrogens is 300 g/mol. The fourth-order valence-electron chi connectivity index (χ4n) is 2.50. The lowest BCUT2D eigenvalue weighted by atomic mass is 10.0. The van der Waals surface area contributed by atoms with E-state index in [4.69, 9.17) is 0 Å². The van der Waals surface area contributed by atoms with Crippen LogP contribution in [-0.4, -0.2) is 16.1 Å². The van der Waals surface area contributed by atoms with E-state index in [0.29, 0.717) is 10.9 Å². The van der Waals surface area contributed by atoms with Crippen molar-refractivity contribution in [3.05, 3.63) is 65.2 Å². The van der Waals surface area contributed by atoms with Gasteiger partial charge in [-0.25, -0.2) is 18.6 Å². The number of aryl methyl sites for hydroxylation is 1. The van der Waals surface area contributed by atoms with E-state index in [1.807, 2.05) is 13.0 Å². The maximum atomic E-state index is 14.0. The van der Waals surface area contributed by atoms with Gasteiger partial charge in [-0.3, -0.25) is 0 Å². The van der Waals surface area contributed by atoms with E-state index < -0.39 is 17.6 Å². The zero-order chi connectivity index (χ0) is 16.6. The minimum atomic E-state index is -1.14. The Balaban J connectivity index is 2.31. The van der Waals surface area contributed by atoms with Crippen LogP contribution in [0.1, 0.15) is 22.8 Å². The summed E-state index contributed by atoms with van der Waals surface area (Å²) in [5.74, 6) is -2.40. The molecule has 2 aromatic carbocycles. The second-order valence-electron chi connectivity index (χ2n) is 5.19. The van der Waals surface area contributed by atoms with E-state index in [2.05, 4.69) is 4.98 Å². The number of aromatic nitrogens is 1. The van der Waals surface area contributed by atoms with Gasteiger partial charge in [0.15, 0.2) is 0 Å². The van der Waals surface area contributed by atoms with Crippen molar-refractivity contribution in [1.82, 2.24) is 4.98 Å². The van der Waals surface area contributed by atoms with Gasteiger partial charge >= 0.3 is 5.97 Å². The van der Waals surface area contributed by atoms with Gasteiger partial charge in [-0.05, 0) is 48.4 Å². The number of carboxylic acids is 1. The van der Waals surface area contributed by atoms with Crippen LogP contribution in [0.5, 0.6) is 0 Å². The Hall–Kier alpha value is -2.82. The Kier molecular flexibility index (Phi) is 3.78. The Bertz CT molecular complexity index is 922. The summed E-state index contributed by atoms with van der Waals surface area (Å²) >= 11 is 0. The van der Waals surface area contributed by atoms with Crippen molar-refractivity contribution in [1.29, 1.82) is 0 Å². The first-order valence-corrected chi connectivity index (χ1v) is 7.12. The van der Waals surface area contributed by atoms with Gasteiger partial charge in [0, 0.05) is 10.9 Å². The summed E-state index contributed by atoms with van der Waals surface area (Å²) in [7, 11) is 0. The lowest BCUT2D eigenvalue weighted by Crippen LogP contribution is -2.01. The van der Waals surface area contributed by atoms with Crippen LogP contribution in [0.2, 0.25) is 0 Å². The van der Waals surface area contributed by atoms with Gasteiger partial charge in [-0.1, -0.05) is 13.0 Å². The highest BCUT2D eigenvalue weighted by molar-refractivity contribution is 6.04. The molecule has 0 saturated heterocycles. The molecule has 116 valence electrons. The molecule has 3 rings (SSSR count). The minimum Gasteiger partial charge on any atom is -0.478 e. The highest BCUT2D eigenvalue weighted by Gasteiger charge is 2.16. The van der Waals surface area contributed by atoms with Gasteiger partial charge in [0.1, 0.15) is 11.6 Å². The summed E-state index contributed by atoms with van der Waals surface area (Å²) in [5.41, 5.74) is 1.46. The number of hydrogen-bond donors (Lipinski definition) is 1. The van der Waals surface area contributed by atoms with E-state index in [0.717, 1.165) is 30.2 Å². The SMILES string of the molecule is CCc1ccc2nc(-c3cc(F)ccc3F)cc(C(=O)O)c2c1. The van der Waals surface area contributed by atoms with Crippen molar-refractivity contribution in [2.75, 3.05) is 0 Å². The molecule has 1 N–H and O–H groups in total. The largest absolute Gasteiger partial charge is 0.478 e. The molecule has 0 aliphatic rings. The van der Waals surface area contributed by atoms with E-state index >= 15 is 0 Å². The van der Waals surface area contributed by atoms with Crippen LogP contribution < -0.4 is 0 Å². The first-order chi connectivity index (χ1) is 11.0. The standard InChI is InChI=1S/C18H13F2NO2/c1-2-10-3-6-16-12(7-10)13(18(22)23)9-17(21-16)14-8-11(19)4-5-15(14)20/h3-9H,2H2,1H3,(H,22,23). The molecule has 1 heterocycles. The number of rotatable bonds is 3. The molecule has 0 atom stereocenters. The monoisotopic (exact) mass is 313 g/mol. The molecule has 1 aromatic heterocycles. The Labute approximate surface area is 131 Å². The molecular formula is C18H13F2NO2. The third-order valence-corrected chi connectivity index (χ3v) is 3.72. The number of benzene rings is 2. The van der Waals surface area contributed by atoms with Gasteiger partial charge in [0.05, 0.1) is 16.8 Å². The van der Waals surface area contributed by atoms with Crippen LogP contribution in [0.25, 0.3) is 22.2 Å². The number of nitrogens with zero attached hydrogens (tertiary/aromatic N) is 1. The number of halogens is 2. The summed E-state index contributed by atoms with van der Waals surface area (Å²) in [6.45, 7) is 1.96. The van der Waals surface area contributed by atoms with E-state index in [1.54, 1.807) is 12.1 Å². The van der Waals surface area contributed by atoms with Gasteiger partial charge in [-0.15, -0.1) is 0 Å². The molecule has 0 amide bonds. The second-order valence-corrected chi connectivity index (χ2v) is 5.19. The average Bonchev–Trinajstić information content (AvgIpc) is 2.55. The Morgan fingerprint density at radius 1 is 1.13 bits per heavy atom. The molecule has 0 aliphatic carbocycles. The second kappa shape index (κ2) is 5.76. The molecule has 5 heteroatoms. The number of fused-ring (bicyclic) bond motifs is 1. The summed E-state index contributed by atoms with van der Waals surface area (Å²) in [6, 6.07) is 9.59. The number of carbonyl (C=O) groups is 1. The molecule has 0 saturated carbocycles. The third kappa shape index (κ3) is 2.77. The molecule has 0 fully saturated rings. The third-order valence-electron chi connectivity index (χ3n) is 3.72. The lowest BCUT2D eigenvalue weighted by molar-refractivity contribution is 0.0699. The van der Waals surface area contributed by atoms with Crippen molar-refractivity contribution in [3.63, 3.8) is 0 Å². The fraction of sp³-hybridized carbons (Fsp3) is 0.111. The Morgan fingerprint density at radius 2 is 1.91 bits per heavy atom. The molecule has 23 heavy (non-hydrogen) atoms. The first-order valence-electron chi connectivity index (χ1n) is 7.12. The molecule has 0 bridgehead atoms. The molecule has 3 aromatic rings. The van der Waals surface area contributed by atoms with Crippen molar-refractivity contribution in [2.45, 2.75) is 13.3 Å². The predicted molar refractivity (Wildman–Crippen MR) is 83.4 cm³/mol. The highest BCUT2D eigenvalue weighted by Crippen LogP contribution is 2.28. The van der Waals surface area contributed by atoms with Crippen molar-refractivity contribution < 1.29 is 18.7 Å². The average molecular weight is 313 g/mol. The number of hydrogen-bond acceptors (Lipinski definition) is 2. The Morgan fingerprint density at radius 3 is 2.61 bits per heavy atom. The first kappa shape index (κ1) is 15.1. The molecule has 0 radical (unpaired) electrons. The summed E-state index contributed by atoms with van der Waals surface area (Å²) < 4.78 is 27.3. The molecule has 0 spiro atoms. The van der Waals surface area contributed by atoms with Crippen molar-refractivity contribution >= 4 is 16.9 Å². The fourth-order valence-corrected chi connectivity index (χ4v) is 2.50. The van der Waals surface area contributed by atoms with E-state index in [1.165, 1.54) is 6.07 Å². The summed E-state index contributed by atoms with van der Waals surface area (Å²) in [4.78, 5) is 15.9. The zero-order valence-electron chi connectivity index (χ0n) is 12.3. The summed E-state index contributed by atoms with van der Waals surface area (Å²) in [6.07, 6.45) is 0.759. The summed E-state index contributed by atoms with van der Waals surface area (Å²) in [5, 5.41) is 9.93. The number of carboxylic acid groups (broad SMARTS) is 1. The van der Waals surface area contributed by atoms with Gasteiger partial charge in [0.25, 0.3) is 0 Å². The molecule has 0 aliphatic heterocycles. The predicted octanol–water partition coefficient (Wildman–Crippen LogP) is 4.44. The van der Waals surface area contributed by atoms with Crippen LogP contribution >= 0.6 is 0 Å². The van der Waals surface area contributed by atoms with Crippen molar-refractivity contribution in [3.8, 4) is 11.3 Å². The van der Waals surface area contributed by atoms with Gasteiger partial charge < -0.3 is 5.11 Å². The van der Waals surface area contributed by atoms with Crippen LogP contribution in [-0.2, 0) is 6.42 Å². The minimum absolute atomic E-state index is 0.0176. The van der Waals surface area contributed by atoms with E-state index in [9.17, 15) is 18.7 Å². The van der Waals surface area contributed by atoms with E-state index in [-0.39, 0.29) is 16.8 Å². The molecule has 3 nitrogen and oxygen atoms in total. The highest BCUT2D eigenvalue weighted by atomic mass is 19.1. The quantitative estimate of drug-likeness (QED) is 0.777. The van der Waals surface area contributed by atoms with Crippen molar-refractivity contribution in [2.24, 2.45) is 0 Å². The van der Waals surface area contributed by atoms with Gasteiger partial charge in [-0.2, -0.15) is 0 Å². The molecule has 0 unspecified atom stereocenters. The van der Waals surface area contributed by atoms with Crippen LogP contribution in [0.15, 0.2) is 42.5 Å². The number of aromatic carboxylic acids is 1. The van der Waals surface area contributed by atoms with Crippen LogP contribution in [0, 0.1) is 11.6 Å². The smallest absolute Gasteiger partial charge is 0.336 e. The van der Waals surface area contributed by atoms with Crippen LogP contribution in [0.3, 0.4) is 0 Å². The van der Waals surface area contributed by atoms with Crippen LogP contribution in [0.4, 0.5) is 8.78 Å².